The van der Waals surface area contributed by atoms with Crippen molar-refractivity contribution in [2.75, 3.05) is 39.8 Å². The van der Waals surface area contributed by atoms with Crippen LogP contribution in [0.4, 0.5) is 0 Å². The van der Waals surface area contributed by atoms with Gasteiger partial charge in [-0.05, 0) is 46.8 Å². The molecular formula is C15H33N3O. The molecule has 0 spiro atoms. The van der Waals surface area contributed by atoms with Crippen molar-refractivity contribution in [1.29, 1.82) is 0 Å². The highest BCUT2D eigenvalue weighted by Crippen LogP contribution is 2.15. The van der Waals surface area contributed by atoms with Crippen molar-refractivity contribution in [2.45, 2.75) is 58.2 Å². The Morgan fingerprint density at radius 1 is 1.37 bits per heavy atom. The molecule has 2 atom stereocenters. The van der Waals surface area contributed by atoms with E-state index in [-0.39, 0.29) is 12.1 Å². The van der Waals surface area contributed by atoms with E-state index in [0.29, 0.717) is 12.1 Å². The van der Waals surface area contributed by atoms with E-state index in [1.807, 2.05) is 0 Å². The quantitative estimate of drug-likeness (QED) is 0.760. The van der Waals surface area contributed by atoms with Crippen LogP contribution in [0.2, 0.25) is 0 Å². The molecule has 1 fully saturated rings. The normalized spacial score (nSPS) is 26.4. The van der Waals surface area contributed by atoms with Crippen LogP contribution < -0.4 is 5.32 Å². The number of nitrogens with zero attached hydrogens (tertiary/aromatic N) is 2. The molecule has 1 aliphatic rings. The van der Waals surface area contributed by atoms with Gasteiger partial charge in [0.05, 0.1) is 6.61 Å². The van der Waals surface area contributed by atoms with Gasteiger partial charge in [-0.15, -0.1) is 0 Å². The van der Waals surface area contributed by atoms with E-state index in [9.17, 15) is 5.11 Å². The summed E-state index contributed by atoms with van der Waals surface area (Å²) in [5.74, 6) is 0. The Labute approximate surface area is 119 Å². The van der Waals surface area contributed by atoms with E-state index in [1.54, 1.807) is 0 Å². The third kappa shape index (κ3) is 5.78. The van der Waals surface area contributed by atoms with Crippen LogP contribution in [0, 0.1) is 0 Å². The van der Waals surface area contributed by atoms with Crippen LogP contribution >= 0.6 is 0 Å². The SMILES string of the molecule is CC(C)NC(C)(CO)CCN1CCCN(C)CC1C. The van der Waals surface area contributed by atoms with E-state index in [0.717, 1.165) is 19.5 Å². The Balaban J connectivity index is 2.49. The second kappa shape index (κ2) is 7.58. The second-order valence-electron chi connectivity index (χ2n) is 6.77. The standard InChI is InChI=1S/C15H33N3O/c1-13(2)16-15(4,12-19)7-10-18-9-6-8-17(5)11-14(18)3/h13-14,16,19H,6-12H2,1-5H3. The molecule has 2 unspecified atom stereocenters. The number of hydrogen-bond acceptors (Lipinski definition) is 4. The summed E-state index contributed by atoms with van der Waals surface area (Å²) in [6, 6.07) is 1.01. The van der Waals surface area contributed by atoms with Crippen molar-refractivity contribution in [2.24, 2.45) is 0 Å². The monoisotopic (exact) mass is 271 g/mol. The Morgan fingerprint density at radius 2 is 2.05 bits per heavy atom. The van der Waals surface area contributed by atoms with Gasteiger partial charge in [-0.1, -0.05) is 13.8 Å². The number of aliphatic hydroxyl groups excluding tert-OH is 1. The summed E-state index contributed by atoms with van der Waals surface area (Å²) >= 11 is 0. The highest BCUT2D eigenvalue weighted by atomic mass is 16.3. The van der Waals surface area contributed by atoms with E-state index in [4.69, 9.17) is 0 Å². The van der Waals surface area contributed by atoms with Crippen molar-refractivity contribution >= 4 is 0 Å². The molecule has 0 bridgehead atoms. The van der Waals surface area contributed by atoms with E-state index >= 15 is 0 Å². The van der Waals surface area contributed by atoms with Crippen LogP contribution in [0.15, 0.2) is 0 Å². The molecule has 0 aliphatic carbocycles. The summed E-state index contributed by atoms with van der Waals surface area (Å²) in [5.41, 5.74) is -0.161. The summed E-state index contributed by atoms with van der Waals surface area (Å²) in [6.45, 7) is 13.5. The Bertz CT molecular complexity index is 260. The Hall–Kier alpha value is -0.160. The molecule has 4 nitrogen and oxygen atoms in total. The van der Waals surface area contributed by atoms with Gasteiger partial charge in [0.25, 0.3) is 0 Å². The van der Waals surface area contributed by atoms with Crippen LogP contribution in [-0.4, -0.2) is 72.4 Å². The van der Waals surface area contributed by atoms with Gasteiger partial charge in [0, 0.05) is 30.7 Å². The Kier molecular flexibility index (Phi) is 6.74. The zero-order chi connectivity index (χ0) is 14.5. The summed E-state index contributed by atoms with van der Waals surface area (Å²) in [7, 11) is 2.21. The molecule has 1 aliphatic heterocycles. The predicted molar refractivity (Wildman–Crippen MR) is 81.5 cm³/mol. The predicted octanol–water partition coefficient (Wildman–Crippen LogP) is 1.15. The molecule has 0 aromatic carbocycles. The number of hydrogen-bond donors (Lipinski definition) is 2. The summed E-state index contributed by atoms with van der Waals surface area (Å²) < 4.78 is 0. The smallest absolute Gasteiger partial charge is 0.0611 e. The highest BCUT2D eigenvalue weighted by Gasteiger charge is 2.26. The van der Waals surface area contributed by atoms with Crippen molar-refractivity contribution in [1.82, 2.24) is 15.1 Å². The fraction of sp³-hybridized carbons (Fsp3) is 1.00. The largest absolute Gasteiger partial charge is 0.394 e. The third-order valence-electron chi connectivity index (χ3n) is 4.12. The first-order valence-corrected chi connectivity index (χ1v) is 7.67. The van der Waals surface area contributed by atoms with Crippen LogP contribution in [-0.2, 0) is 0 Å². The maximum absolute atomic E-state index is 9.64. The molecule has 2 N–H and O–H groups in total. The summed E-state index contributed by atoms with van der Waals surface area (Å²) in [4.78, 5) is 4.99. The van der Waals surface area contributed by atoms with Gasteiger partial charge in [-0.2, -0.15) is 0 Å². The molecule has 1 rings (SSSR count). The number of aliphatic hydroxyl groups is 1. The van der Waals surface area contributed by atoms with E-state index in [1.165, 1.54) is 19.5 Å². The maximum Gasteiger partial charge on any atom is 0.0611 e. The van der Waals surface area contributed by atoms with E-state index in [2.05, 4.69) is 49.9 Å². The molecule has 1 saturated heterocycles. The molecule has 19 heavy (non-hydrogen) atoms. The molecular weight excluding hydrogens is 238 g/mol. The minimum absolute atomic E-state index is 0.161. The van der Waals surface area contributed by atoms with Crippen molar-refractivity contribution in [3.8, 4) is 0 Å². The van der Waals surface area contributed by atoms with Crippen LogP contribution in [0.25, 0.3) is 0 Å². The molecule has 0 aromatic rings. The molecule has 1 heterocycles. The van der Waals surface area contributed by atoms with E-state index < -0.39 is 0 Å². The average molecular weight is 271 g/mol. The van der Waals surface area contributed by atoms with Gasteiger partial charge in [0.2, 0.25) is 0 Å². The highest BCUT2D eigenvalue weighted by molar-refractivity contribution is 4.86. The van der Waals surface area contributed by atoms with Gasteiger partial charge in [-0.3, -0.25) is 4.90 Å². The molecule has 0 amide bonds. The zero-order valence-corrected chi connectivity index (χ0v) is 13.4. The number of rotatable bonds is 6. The first kappa shape index (κ1) is 16.9. The van der Waals surface area contributed by atoms with Crippen molar-refractivity contribution < 1.29 is 5.11 Å². The number of nitrogens with one attached hydrogen (secondary N) is 1. The number of likely N-dealkylation sites (N-methyl/N-ethyl adjacent to an activating group) is 1. The fourth-order valence-electron chi connectivity index (χ4n) is 3.04. The fourth-order valence-corrected chi connectivity index (χ4v) is 3.04. The first-order valence-electron chi connectivity index (χ1n) is 7.67. The molecule has 4 heteroatoms. The van der Waals surface area contributed by atoms with Crippen LogP contribution in [0.5, 0.6) is 0 Å². The molecule has 0 saturated carbocycles. The second-order valence-corrected chi connectivity index (χ2v) is 6.77. The summed E-state index contributed by atoms with van der Waals surface area (Å²) in [5, 5.41) is 13.1. The Morgan fingerprint density at radius 3 is 2.63 bits per heavy atom. The minimum atomic E-state index is -0.161. The van der Waals surface area contributed by atoms with Gasteiger partial charge in [-0.25, -0.2) is 0 Å². The molecule has 0 radical (unpaired) electrons. The van der Waals surface area contributed by atoms with Gasteiger partial charge in [0.15, 0.2) is 0 Å². The lowest BCUT2D eigenvalue weighted by Gasteiger charge is -2.35. The van der Waals surface area contributed by atoms with Crippen molar-refractivity contribution in [3.63, 3.8) is 0 Å². The topological polar surface area (TPSA) is 38.7 Å². The lowest BCUT2D eigenvalue weighted by atomic mass is 9.97. The zero-order valence-electron chi connectivity index (χ0n) is 13.4. The van der Waals surface area contributed by atoms with Crippen LogP contribution in [0.1, 0.15) is 40.5 Å². The van der Waals surface area contributed by atoms with Crippen molar-refractivity contribution in [3.05, 3.63) is 0 Å². The van der Waals surface area contributed by atoms with Gasteiger partial charge >= 0.3 is 0 Å². The maximum atomic E-state index is 9.64. The average Bonchev–Trinajstić information content (AvgIpc) is 2.47. The molecule has 114 valence electrons. The third-order valence-corrected chi connectivity index (χ3v) is 4.12. The van der Waals surface area contributed by atoms with Crippen LogP contribution in [0.3, 0.4) is 0 Å². The van der Waals surface area contributed by atoms with Gasteiger partial charge < -0.3 is 15.3 Å². The lowest BCUT2D eigenvalue weighted by Crippen LogP contribution is -2.51. The lowest BCUT2D eigenvalue weighted by molar-refractivity contribution is 0.125. The molecule has 0 aromatic heterocycles. The first-order chi connectivity index (χ1) is 8.86. The summed E-state index contributed by atoms with van der Waals surface area (Å²) in [6.07, 6.45) is 2.24. The van der Waals surface area contributed by atoms with Gasteiger partial charge in [0.1, 0.15) is 0 Å². The minimum Gasteiger partial charge on any atom is -0.394 e.